The lowest BCUT2D eigenvalue weighted by Gasteiger charge is -2.32. The standard InChI is InChI=1S/C16H24N2OS/c1-11(2)12(3)18-14(13-7-6-10-20-13)17-16(15(18)19)8-4-5-9-16/h6-7,10-12,14,17H,4-5,8-9H2,1-3H3. The summed E-state index contributed by atoms with van der Waals surface area (Å²) in [5.74, 6) is 0.800. The fourth-order valence-corrected chi connectivity index (χ4v) is 4.26. The van der Waals surface area contributed by atoms with E-state index in [4.69, 9.17) is 0 Å². The molecule has 20 heavy (non-hydrogen) atoms. The highest BCUT2D eigenvalue weighted by molar-refractivity contribution is 7.10. The second-order valence-electron chi connectivity index (χ2n) is 6.55. The lowest BCUT2D eigenvalue weighted by atomic mass is 9.96. The van der Waals surface area contributed by atoms with Gasteiger partial charge in [-0.3, -0.25) is 10.1 Å². The molecule has 1 aromatic rings. The van der Waals surface area contributed by atoms with E-state index in [2.05, 4.69) is 48.5 Å². The van der Waals surface area contributed by atoms with Crippen LogP contribution in [0.25, 0.3) is 0 Å². The van der Waals surface area contributed by atoms with Crippen molar-refractivity contribution in [1.82, 2.24) is 10.2 Å². The quantitative estimate of drug-likeness (QED) is 0.924. The zero-order valence-corrected chi connectivity index (χ0v) is 13.4. The minimum atomic E-state index is -0.280. The maximum atomic E-state index is 13.0. The zero-order chi connectivity index (χ0) is 14.3. The molecule has 1 aliphatic carbocycles. The van der Waals surface area contributed by atoms with Gasteiger partial charge in [-0.1, -0.05) is 32.8 Å². The molecule has 2 atom stereocenters. The molecular weight excluding hydrogens is 268 g/mol. The summed E-state index contributed by atoms with van der Waals surface area (Å²) in [5, 5.41) is 5.79. The molecule has 110 valence electrons. The summed E-state index contributed by atoms with van der Waals surface area (Å²) in [6.07, 6.45) is 4.39. The van der Waals surface area contributed by atoms with E-state index in [1.165, 1.54) is 17.7 Å². The minimum Gasteiger partial charge on any atom is -0.318 e. The second kappa shape index (κ2) is 5.15. The molecule has 2 heterocycles. The van der Waals surface area contributed by atoms with E-state index in [1.807, 2.05) is 0 Å². The van der Waals surface area contributed by atoms with Gasteiger partial charge in [0.25, 0.3) is 0 Å². The van der Waals surface area contributed by atoms with Gasteiger partial charge < -0.3 is 4.90 Å². The minimum absolute atomic E-state index is 0.0676. The van der Waals surface area contributed by atoms with Gasteiger partial charge in [0.2, 0.25) is 5.91 Å². The van der Waals surface area contributed by atoms with Crippen molar-refractivity contribution < 1.29 is 4.79 Å². The van der Waals surface area contributed by atoms with Crippen molar-refractivity contribution in [2.24, 2.45) is 5.92 Å². The SMILES string of the molecule is CC(C)C(C)N1C(=O)C2(CCCC2)NC1c1cccs1. The molecular formula is C16H24N2OS. The number of carbonyl (C=O) groups excluding carboxylic acids is 1. The van der Waals surface area contributed by atoms with Crippen molar-refractivity contribution in [2.45, 2.75) is 64.2 Å². The van der Waals surface area contributed by atoms with Crippen LogP contribution in [0.1, 0.15) is 57.5 Å². The molecule has 2 fully saturated rings. The predicted molar refractivity (Wildman–Crippen MR) is 82.5 cm³/mol. The first-order chi connectivity index (χ1) is 9.55. The van der Waals surface area contributed by atoms with E-state index in [0.717, 1.165) is 12.8 Å². The zero-order valence-electron chi connectivity index (χ0n) is 12.6. The molecule has 3 rings (SSSR count). The number of nitrogens with one attached hydrogen (secondary N) is 1. The fraction of sp³-hybridized carbons (Fsp3) is 0.688. The Labute approximate surface area is 125 Å². The van der Waals surface area contributed by atoms with Gasteiger partial charge in [-0.05, 0) is 37.1 Å². The molecule has 1 amide bonds. The summed E-state index contributed by atoms with van der Waals surface area (Å²) in [6, 6.07) is 4.48. The highest BCUT2D eigenvalue weighted by atomic mass is 32.1. The second-order valence-corrected chi connectivity index (χ2v) is 7.53. The average Bonchev–Trinajstić information content (AvgIpc) is 3.13. The van der Waals surface area contributed by atoms with Crippen LogP contribution in [0.2, 0.25) is 0 Å². The van der Waals surface area contributed by atoms with Crippen molar-refractivity contribution >= 4 is 17.2 Å². The molecule has 4 heteroatoms. The van der Waals surface area contributed by atoms with Crippen LogP contribution >= 0.6 is 11.3 Å². The Bertz CT molecular complexity index is 477. The lowest BCUT2D eigenvalue weighted by Crippen LogP contribution is -2.46. The molecule has 2 unspecified atom stereocenters. The summed E-state index contributed by atoms with van der Waals surface area (Å²) in [6.45, 7) is 6.57. The largest absolute Gasteiger partial charge is 0.318 e. The number of carbonyl (C=O) groups is 1. The van der Waals surface area contributed by atoms with Crippen LogP contribution in [0, 0.1) is 5.92 Å². The predicted octanol–water partition coefficient (Wildman–Crippen LogP) is 3.54. The molecule has 1 aliphatic heterocycles. The molecule has 0 aromatic carbocycles. The van der Waals surface area contributed by atoms with Crippen LogP contribution in [0.5, 0.6) is 0 Å². The van der Waals surface area contributed by atoms with Crippen LogP contribution in [0.15, 0.2) is 17.5 Å². The Morgan fingerprint density at radius 3 is 2.60 bits per heavy atom. The summed E-state index contributed by atoms with van der Waals surface area (Å²) in [7, 11) is 0. The van der Waals surface area contributed by atoms with Crippen molar-refractivity contribution in [3.05, 3.63) is 22.4 Å². The Hall–Kier alpha value is -0.870. The number of hydrogen-bond acceptors (Lipinski definition) is 3. The molecule has 0 bridgehead atoms. The molecule has 1 spiro atoms. The first-order valence-electron chi connectivity index (χ1n) is 7.69. The number of amides is 1. The van der Waals surface area contributed by atoms with Gasteiger partial charge >= 0.3 is 0 Å². The van der Waals surface area contributed by atoms with Crippen molar-refractivity contribution in [1.29, 1.82) is 0 Å². The van der Waals surface area contributed by atoms with E-state index in [0.29, 0.717) is 11.8 Å². The Balaban J connectivity index is 1.96. The number of thiophene rings is 1. The van der Waals surface area contributed by atoms with Crippen LogP contribution < -0.4 is 5.32 Å². The third-order valence-corrected chi connectivity index (χ3v) is 5.93. The smallest absolute Gasteiger partial charge is 0.244 e. The molecule has 1 N–H and O–H groups in total. The van der Waals surface area contributed by atoms with Crippen molar-refractivity contribution in [2.75, 3.05) is 0 Å². The molecule has 1 saturated carbocycles. The fourth-order valence-electron chi connectivity index (χ4n) is 3.49. The molecule has 0 radical (unpaired) electrons. The van der Waals surface area contributed by atoms with Crippen molar-refractivity contribution in [3.8, 4) is 0 Å². The molecule has 1 aromatic heterocycles. The maximum absolute atomic E-state index is 13.0. The number of rotatable bonds is 3. The summed E-state index contributed by atoms with van der Waals surface area (Å²) in [4.78, 5) is 16.4. The van der Waals surface area contributed by atoms with Crippen LogP contribution in [0.4, 0.5) is 0 Å². The summed E-state index contributed by atoms with van der Waals surface area (Å²) < 4.78 is 0. The van der Waals surface area contributed by atoms with Gasteiger partial charge in [-0.2, -0.15) is 0 Å². The molecule has 1 saturated heterocycles. The van der Waals surface area contributed by atoms with E-state index in [9.17, 15) is 4.79 Å². The first kappa shape index (κ1) is 14.1. The van der Waals surface area contributed by atoms with Crippen LogP contribution in [-0.2, 0) is 4.79 Å². The third kappa shape index (κ3) is 2.09. The normalized spacial score (nSPS) is 26.9. The van der Waals surface area contributed by atoms with E-state index >= 15 is 0 Å². The van der Waals surface area contributed by atoms with Gasteiger partial charge in [0, 0.05) is 10.9 Å². The van der Waals surface area contributed by atoms with E-state index in [-0.39, 0.29) is 17.7 Å². The summed E-state index contributed by atoms with van der Waals surface area (Å²) in [5.41, 5.74) is -0.280. The van der Waals surface area contributed by atoms with Gasteiger partial charge in [0.15, 0.2) is 0 Å². The highest BCUT2D eigenvalue weighted by Crippen LogP contribution is 2.43. The topological polar surface area (TPSA) is 32.3 Å². The lowest BCUT2D eigenvalue weighted by molar-refractivity contribution is -0.135. The first-order valence-corrected chi connectivity index (χ1v) is 8.57. The van der Waals surface area contributed by atoms with Gasteiger partial charge in [-0.15, -0.1) is 11.3 Å². The Morgan fingerprint density at radius 2 is 2.05 bits per heavy atom. The van der Waals surface area contributed by atoms with Gasteiger partial charge in [0.05, 0.1) is 5.54 Å². The monoisotopic (exact) mass is 292 g/mol. The molecule has 3 nitrogen and oxygen atoms in total. The molecule has 2 aliphatic rings. The number of nitrogens with zero attached hydrogens (tertiary/aromatic N) is 1. The Kier molecular flexibility index (Phi) is 3.63. The summed E-state index contributed by atoms with van der Waals surface area (Å²) >= 11 is 1.74. The third-order valence-electron chi connectivity index (χ3n) is 5.01. The van der Waals surface area contributed by atoms with Gasteiger partial charge in [-0.25, -0.2) is 0 Å². The Morgan fingerprint density at radius 1 is 1.35 bits per heavy atom. The van der Waals surface area contributed by atoms with Crippen molar-refractivity contribution in [3.63, 3.8) is 0 Å². The van der Waals surface area contributed by atoms with Gasteiger partial charge in [0.1, 0.15) is 6.17 Å². The van der Waals surface area contributed by atoms with Crippen LogP contribution in [-0.4, -0.2) is 22.4 Å². The maximum Gasteiger partial charge on any atom is 0.244 e. The highest BCUT2D eigenvalue weighted by Gasteiger charge is 2.54. The average molecular weight is 292 g/mol. The van der Waals surface area contributed by atoms with Crippen LogP contribution in [0.3, 0.4) is 0 Å². The number of hydrogen-bond donors (Lipinski definition) is 1. The van der Waals surface area contributed by atoms with E-state index in [1.54, 1.807) is 11.3 Å². The van der Waals surface area contributed by atoms with E-state index < -0.39 is 0 Å².